The van der Waals surface area contributed by atoms with Gasteiger partial charge in [-0.1, -0.05) is 0 Å². The van der Waals surface area contributed by atoms with Crippen molar-refractivity contribution in [2.45, 2.75) is 24.6 Å². The number of alkyl halides is 1. The molecule has 3 rings (SSSR count). The van der Waals surface area contributed by atoms with Gasteiger partial charge in [0.15, 0.2) is 12.4 Å². The van der Waals surface area contributed by atoms with E-state index in [4.69, 9.17) is 21.3 Å². The van der Waals surface area contributed by atoms with Gasteiger partial charge < -0.3 is 31.0 Å². The highest BCUT2D eigenvalue weighted by atomic mass is 19.1. The first-order chi connectivity index (χ1) is 10.5. The lowest BCUT2D eigenvalue weighted by Gasteiger charge is -2.15. The maximum absolute atomic E-state index is 14.2. The normalized spacial score (nSPS) is 28.3. The summed E-state index contributed by atoms with van der Waals surface area (Å²) in [6.07, 6.45) is -3.25. The third-order valence-electron chi connectivity index (χ3n) is 3.65. The van der Waals surface area contributed by atoms with Gasteiger partial charge in [-0.2, -0.15) is 0 Å². The summed E-state index contributed by atoms with van der Waals surface area (Å²) in [6.45, 7) is -0.545. The van der Waals surface area contributed by atoms with E-state index in [1.807, 2.05) is 0 Å². The number of amides is 1. The second-order valence-electron chi connectivity index (χ2n) is 4.95. The first-order valence-electron chi connectivity index (χ1n) is 6.45. The summed E-state index contributed by atoms with van der Waals surface area (Å²) in [6, 6.07) is 0. The maximum atomic E-state index is 14.2. The van der Waals surface area contributed by atoms with Crippen molar-refractivity contribution in [2.24, 2.45) is 5.73 Å². The zero-order valence-corrected chi connectivity index (χ0v) is 11.3. The Morgan fingerprint density at radius 1 is 1.50 bits per heavy atom. The number of aliphatic hydroxyl groups excluding tert-OH is 2. The molecule has 1 amide bonds. The minimum absolute atomic E-state index is 0.0187. The molecule has 118 valence electrons. The molecule has 2 aromatic heterocycles. The van der Waals surface area contributed by atoms with E-state index < -0.39 is 37.1 Å². The average molecular weight is 311 g/mol. The van der Waals surface area contributed by atoms with Crippen LogP contribution in [0.2, 0.25) is 0 Å². The second kappa shape index (κ2) is 5.16. The van der Waals surface area contributed by atoms with Gasteiger partial charge in [0.2, 0.25) is 0 Å². The van der Waals surface area contributed by atoms with Gasteiger partial charge >= 0.3 is 0 Å². The summed E-state index contributed by atoms with van der Waals surface area (Å²) >= 11 is 0. The molecule has 0 aromatic carbocycles. The Balaban J connectivity index is 2.16. The maximum Gasteiger partial charge on any atom is 0.251 e. The van der Waals surface area contributed by atoms with Gasteiger partial charge in [0.1, 0.15) is 30.0 Å². The Morgan fingerprint density at radius 3 is 2.82 bits per heavy atom. The average Bonchev–Trinajstić information content (AvgIpc) is 3.00. The van der Waals surface area contributed by atoms with E-state index in [-0.39, 0.29) is 22.4 Å². The number of nitrogen functional groups attached to an aromatic ring is 1. The number of rotatable bonds is 3. The number of carbonyl (C=O) groups is 1. The van der Waals surface area contributed by atoms with Crippen molar-refractivity contribution in [3.63, 3.8) is 0 Å². The van der Waals surface area contributed by atoms with Gasteiger partial charge in [-0.25, -0.2) is 14.4 Å². The van der Waals surface area contributed by atoms with Crippen molar-refractivity contribution in [1.29, 1.82) is 0 Å². The Morgan fingerprint density at radius 2 is 2.23 bits per heavy atom. The third-order valence-corrected chi connectivity index (χ3v) is 3.65. The number of primary amides is 1. The Kier molecular flexibility index (Phi) is 3.43. The molecule has 22 heavy (non-hydrogen) atoms. The summed E-state index contributed by atoms with van der Waals surface area (Å²) in [7, 11) is 0. The molecule has 9 nitrogen and oxygen atoms in total. The fourth-order valence-electron chi connectivity index (χ4n) is 2.57. The second-order valence-corrected chi connectivity index (χ2v) is 4.95. The molecule has 1 fully saturated rings. The van der Waals surface area contributed by atoms with E-state index in [1.54, 1.807) is 0 Å². The van der Waals surface area contributed by atoms with E-state index in [0.717, 1.165) is 6.33 Å². The quantitative estimate of drug-likeness (QED) is 0.550. The van der Waals surface area contributed by atoms with Crippen molar-refractivity contribution in [3.05, 3.63) is 18.1 Å². The topological polar surface area (TPSA) is 150 Å². The summed E-state index contributed by atoms with van der Waals surface area (Å²) in [4.78, 5) is 19.3. The van der Waals surface area contributed by atoms with Crippen LogP contribution in [0.15, 0.2) is 12.5 Å². The predicted molar refractivity (Wildman–Crippen MR) is 72.4 cm³/mol. The highest BCUT2D eigenvalue weighted by molar-refractivity contribution is 6.08. The van der Waals surface area contributed by atoms with Crippen molar-refractivity contribution in [3.8, 4) is 0 Å². The first-order valence-corrected chi connectivity index (χ1v) is 6.45. The largest absolute Gasteiger partial charge is 0.394 e. The number of aromatic nitrogens is 3. The molecule has 0 unspecified atom stereocenters. The Hall–Kier alpha value is -2.30. The third kappa shape index (κ3) is 2.00. The van der Waals surface area contributed by atoms with Gasteiger partial charge in [-0.15, -0.1) is 0 Å². The van der Waals surface area contributed by atoms with E-state index >= 15 is 0 Å². The van der Waals surface area contributed by atoms with Crippen LogP contribution in [-0.2, 0) is 4.74 Å². The molecule has 0 saturated carbocycles. The van der Waals surface area contributed by atoms with Crippen LogP contribution in [-0.4, -0.2) is 55.6 Å². The van der Waals surface area contributed by atoms with Gasteiger partial charge in [0, 0.05) is 6.20 Å². The van der Waals surface area contributed by atoms with Crippen molar-refractivity contribution < 1.29 is 24.1 Å². The first kappa shape index (κ1) is 14.6. The number of nitrogens with zero attached hydrogens (tertiary/aromatic N) is 3. The number of hydrogen-bond donors (Lipinski definition) is 4. The zero-order valence-electron chi connectivity index (χ0n) is 11.3. The van der Waals surface area contributed by atoms with Crippen LogP contribution in [0, 0.1) is 0 Å². The minimum atomic E-state index is -1.82. The fourth-order valence-corrected chi connectivity index (χ4v) is 2.57. The van der Waals surface area contributed by atoms with E-state index in [2.05, 4.69) is 9.97 Å². The molecule has 1 aliphatic rings. The monoisotopic (exact) mass is 311 g/mol. The van der Waals surface area contributed by atoms with Gasteiger partial charge in [-0.05, 0) is 0 Å². The van der Waals surface area contributed by atoms with E-state index in [0.29, 0.717) is 0 Å². The molecule has 3 heterocycles. The molecule has 0 spiro atoms. The van der Waals surface area contributed by atoms with E-state index in [1.165, 1.54) is 10.8 Å². The van der Waals surface area contributed by atoms with Gasteiger partial charge in [-0.3, -0.25) is 4.79 Å². The molecule has 1 aliphatic heterocycles. The van der Waals surface area contributed by atoms with Crippen molar-refractivity contribution in [2.75, 3.05) is 12.3 Å². The predicted octanol–water partition coefficient (Wildman–Crippen LogP) is -1.30. The summed E-state index contributed by atoms with van der Waals surface area (Å²) in [5, 5.41) is 19.0. The number of anilines is 1. The van der Waals surface area contributed by atoms with Crippen LogP contribution < -0.4 is 11.5 Å². The molecule has 1 saturated heterocycles. The number of ether oxygens (including phenoxy) is 1. The number of nitrogens with two attached hydrogens (primary N) is 2. The Labute approximate surface area is 123 Å². The van der Waals surface area contributed by atoms with Crippen LogP contribution in [0.5, 0.6) is 0 Å². The smallest absolute Gasteiger partial charge is 0.251 e. The van der Waals surface area contributed by atoms with Crippen molar-refractivity contribution in [1.82, 2.24) is 14.5 Å². The van der Waals surface area contributed by atoms with Crippen LogP contribution >= 0.6 is 0 Å². The van der Waals surface area contributed by atoms with Crippen molar-refractivity contribution >= 4 is 22.8 Å². The molecular formula is C12H14FN5O4. The van der Waals surface area contributed by atoms with Crippen LogP contribution in [0.4, 0.5) is 10.2 Å². The molecule has 2 aromatic rings. The fraction of sp³-hybridized carbons (Fsp3) is 0.417. The minimum Gasteiger partial charge on any atom is -0.394 e. The number of aliphatic hydroxyl groups is 2. The molecule has 10 heteroatoms. The molecular weight excluding hydrogens is 297 g/mol. The summed E-state index contributed by atoms with van der Waals surface area (Å²) < 4.78 is 20.8. The molecule has 0 aliphatic carbocycles. The number of fused-ring (bicyclic) bond motifs is 1. The zero-order chi connectivity index (χ0) is 16.0. The summed E-state index contributed by atoms with van der Waals surface area (Å²) in [5.41, 5.74) is 11.2. The standard InChI is InChI=1S/C12H14FN5O4/c13-7-8(20)5(2-19)22-12(7)18-1-4(10(15)21)6-9(14)16-3-17-11(6)18/h1,3,5,7-8,12,19-20H,2H2,(H2,15,21)(H2,14,16,17)/t5-,7+,8-,12-/m1/s1. The lowest BCUT2D eigenvalue weighted by molar-refractivity contribution is -0.0457. The molecule has 6 N–H and O–H groups in total. The lowest BCUT2D eigenvalue weighted by Crippen LogP contribution is -2.30. The van der Waals surface area contributed by atoms with Crippen LogP contribution in [0.25, 0.3) is 11.0 Å². The van der Waals surface area contributed by atoms with Crippen LogP contribution in [0.3, 0.4) is 0 Å². The summed E-state index contributed by atoms with van der Waals surface area (Å²) in [5.74, 6) is -0.761. The highest BCUT2D eigenvalue weighted by Gasteiger charge is 2.45. The molecule has 4 atom stereocenters. The Bertz CT molecular complexity index is 736. The molecule has 0 radical (unpaired) electrons. The van der Waals surface area contributed by atoms with Crippen LogP contribution in [0.1, 0.15) is 16.6 Å². The molecule has 0 bridgehead atoms. The van der Waals surface area contributed by atoms with E-state index in [9.17, 15) is 14.3 Å². The van der Waals surface area contributed by atoms with Gasteiger partial charge in [0.25, 0.3) is 5.91 Å². The number of halogens is 1. The lowest BCUT2D eigenvalue weighted by atomic mass is 10.1. The SMILES string of the molecule is NC(=O)c1cn([C@@H]2O[C@H](CO)[C@@H](O)[C@@H]2F)c2ncnc(N)c12. The highest BCUT2D eigenvalue weighted by Crippen LogP contribution is 2.35. The number of carbonyl (C=O) groups excluding carboxylic acids is 1. The van der Waals surface area contributed by atoms with Gasteiger partial charge in [0.05, 0.1) is 17.6 Å². The number of hydrogen-bond acceptors (Lipinski definition) is 7.